The van der Waals surface area contributed by atoms with Crippen molar-refractivity contribution < 1.29 is 9.21 Å². The van der Waals surface area contributed by atoms with Gasteiger partial charge in [0, 0.05) is 6.54 Å². The maximum absolute atomic E-state index is 12.7. The van der Waals surface area contributed by atoms with Gasteiger partial charge in [0.15, 0.2) is 10.6 Å². The molecule has 4 rings (SSSR count). The van der Waals surface area contributed by atoms with E-state index < -0.39 is 0 Å². The highest BCUT2D eigenvalue weighted by atomic mass is 32.1. The van der Waals surface area contributed by atoms with Gasteiger partial charge in [-0.25, -0.2) is 0 Å². The molecule has 0 spiro atoms. The molecule has 1 aliphatic rings. The minimum absolute atomic E-state index is 0.0494. The molecule has 0 aliphatic carbocycles. The molecule has 1 aliphatic heterocycles. The van der Waals surface area contributed by atoms with E-state index in [0.29, 0.717) is 17.1 Å². The van der Waals surface area contributed by atoms with Crippen LogP contribution in [0.3, 0.4) is 0 Å². The smallest absolute Gasteiger partial charge is 0.240 e. The van der Waals surface area contributed by atoms with Crippen molar-refractivity contribution in [2.75, 3.05) is 19.6 Å². The average Bonchev–Trinajstić information content (AvgIpc) is 3.47. The highest BCUT2D eigenvalue weighted by molar-refractivity contribution is 7.71. The van der Waals surface area contributed by atoms with Crippen LogP contribution in [0, 0.1) is 4.77 Å². The highest BCUT2D eigenvalue weighted by Gasteiger charge is 2.25. The van der Waals surface area contributed by atoms with Gasteiger partial charge in [-0.2, -0.15) is 5.10 Å². The summed E-state index contributed by atoms with van der Waals surface area (Å²) in [6.07, 6.45) is 5.31. The second kappa shape index (κ2) is 8.85. The molecular weight excluding hydrogens is 394 g/mol. The lowest BCUT2D eigenvalue weighted by atomic mass is 10.1. The fourth-order valence-electron chi connectivity index (χ4n) is 3.59. The number of thiophene rings is 1. The first-order valence-corrected chi connectivity index (χ1v) is 10.7. The first-order valence-electron chi connectivity index (χ1n) is 9.45. The Bertz CT molecular complexity index is 940. The molecule has 148 valence electrons. The summed E-state index contributed by atoms with van der Waals surface area (Å²) in [7, 11) is 0. The predicted molar refractivity (Wildman–Crippen MR) is 111 cm³/mol. The van der Waals surface area contributed by atoms with Gasteiger partial charge in [0.05, 0.1) is 17.2 Å². The fraction of sp³-hybridized carbons (Fsp3) is 0.421. The monoisotopic (exact) mass is 417 g/mol. The Hall–Kier alpha value is -2.23. The topological polar surface area (TPSA) is 79.1 Å². The number of hydrogen-bond acceptors (Lipinski definition) is 6. The van der Waals surface area contributed by atoms with Crippen LogP contribution >= 0.6 is 23.6 Å². The van der Waals surface area contributed by atoms with Crippen molar-refractivity contribution in [2.45, 2.75) is 31.8 Å². The van der Waals surface area contributed by atoms with Gasteiger partial charge < -0.3 is 9.73 Å². The van der Waals surface area contributed by atoms with Gasteiger partial charge in [0.2, 0.25) is 5.91 Å². The molecule has 4 heterocycles. The third kappa shape index (κ3) is 4.26. The molecule has 0 radical (unpaired) electrons. The van der Waals surface area contributed by atoms with Crippen molar-refractivity contribution in [2.24, 2.45) is 0 Å². The number of piperidine rings is 1. The van der Waals surface area contributed by atoms with E-state index in [4.69, 9.17) is 16.6 Å². The van der Waals surface area contributed by atoms with Gasteiger partial charge in [-0.1, -0.05) is 12.5 Å². The van der Waals surface area contributed by atoms with Gasteiger partial charge >= 0.3 is 0 Å². The van der Waals surface area contributed by atoms with Crippen LogP contribution in [0.2, 0.25) is 0 Å². The van der Waals surface area contributed by atoms with Gasteiger partial charge in [-0.3, -0.25) is 19.4 Å². The largest absolute Gasteiger partial charge is 0.468 e. The van der Waals surface area contributed by atoms with Crippen LogP contribution in [-0.2, 0) is 11.3 Å². The van der Waals surface area contributed by atoms with E-state index in [-0.39, 0.29) is 18.5 Å². The van der Waals surface area contributed by atoms with E-state index in [2.05, 4.69) is 20.4 Å². The van der Waals surface area contributed by atoms with E-state index in [1.165, 1.54) is 19.3 Å². The van der Waals surface area contributed by atoms with Crippen molar-refractivity contribution in [3.05, 3.63) is 46.4 Å². The Morgan fingerprint density at radius 2 is 2.18 bits per heavy atom. The first kappa shape index (κ1) is 19.1. The van der Waals surface area contributed by atoms with Gasteiger partial charge in [0.25, 0.3) is 0 Å². The summed E-state index contributed by atoms with van der Waals surface area (Å²) in [4.78, 5) is 16.0. The van der Waals surface area contributed by atoms with Crippen LogP contribution in [0.15, 0.2) is 40.3 Å². The SMILES string of the molecule is O=C(Cn1c(-c2cccs2)n[nH]c1=S)NC[C@H](c1ccco1)N1CCCCC1. The number of hydrogen-bond donors (Lipinski definition) is 2. The van der Waals surface area contributed by atoms with E-state index in [1.807, 2.05) is 29.6 Å². The summed E-state index contributed by atoms with van der Waals surface area (Å²) < 4.78 is 7.82. The maximum atomic E-state index is 12.7. The number of rotatable bonds is 7. The lowest BCUT2D eigenvalue weighted by Gasteiger charge is -2.33. The fourth-order valence-corrected chi connectivity index (χ4v) is 4.51. The van der Waals surface area contributed by atoms with E-state index in [0.717, 1.165) is 23.7 Å². The number of carbonyl (C=O) groups excluding carboxylic acids is 1. The van der Waals surface area contributed by atoms with Crippen LogP contribution < -0.4 is 5.32 Å². The molecule has 1 fully saturated rings. The maximum Gasteiger partial charge on any atom is 0.240 e. The summed E-state index contributed by atoms with van der Waals surface area (Å²) in [5.41, 5.74) is 0. The summed E-state index contributed by atoms with van der Waals surface area (Å²) in [5, 5.41) is 12.1. The molecule has 28 heavy (non-hydrogen) atoms. The van der Waals surface area contributed by atoms with Crippen molar-refractivity contribution >= 4 is 29.5 Å². The Kier molecular flexibility index (Phi) is 6.04. The molecule has 0 unspecified atom stereocenters. The minimum atomic E-state index is -0.0936. The normalized spacial score (nSPS) is 16.1. The Morgan fingerprint density at radius 3 is 2.89 bits per heavy atom. The summed E-state index contributed by atoms with van der Waals surface area (Å²) in [5.74, 6) is 1.49. The summed E-state index contributed by atoms with van der Waals surface area (Å²) in [6.45, 7) is 2.69. The van der Waals surface area contributed by atoms with Crippen molar-refractivity contribution in [1.29, 1.82) is 0 Å². The number of furan rings is 1. The minimum Gasteiger partial charge on any atom is -0.468 e. The van der Waals surface area contributed by atoms with Crippen LogP contribution in [0.4, 0.5) is 0 Å². The molecule has 3 aromatic rings. The molecule has 1 atom stereocenters. The summed E-state index contributed by atoms with van der Waals surface area (Å²) in [6, 6.07) is 7.84. The van der Waals surface area contributed by atoms with E-state index in [9.17, 15) is 4.79 Å². The van der Waals surface area contributed by atoms with Crippen LogP contribution in [0.25, 0.3) is 10.7 Å². The first-order chi connectivity index (χ1) is 13.7. The number of nitrogens with zero attached hydrogens (tertiary/aromatic N) is 3. The lowest BCUT2D eigenvalue weighted by molar-refractivity contribution is -0.122. The number of aromatic amines is 1. The zero-order chi connectivity index (χ0) is 19.3. The standard InChI is InChI=1S/C19H23N5O2S2/c25-17(13-24-18(21-22-19(24)27)16-7-5-11-28-16)20-12-14(15-6-4-10-26-15)23-8-2-1-3-9-23/h4-7,10-11,14H,1-3,8-9,12-13H2,(H,20,25)(H,22,27)/t14-/m1/s1. The van der Waals surface area contributed by atoms with Crippen LogP contribution in [0.1, 0.15) is 31.1 Å². The Morgan fingerprint density at radius 1 is 1.32 bits per heavy atom. The number of likely N-dealkylation sites (tertiary alicyclic amines) is 1. The molecular formula is C19H23N5O2S2. The third-order valence-corrected chi connectivity index (χ3v) is 6.17. The predicted octanol–water partition coefficient (Wildman–Crippen LogP) is 3.61. The quantitative estimate of drug-likeness (QED) is 0.574. The number of amides is 1. The molecule has 0 bridgehead atoms. The molecule has 3 aromatic heterocycles. The molecule has 9 heteroatoms. The zero-order valence-electron chi connectivity index (χ0n) is 15.5. The van der Waals surface area contributed by atoms with Crippen LogP contribution in [-0.4, -0.2) is 45.2 Å². The molecule has 2 N–H and O–H groups in total. The van der Waals surface area contributed by atoms with Crippen molar-refractivity contribution in [3.8, 4) is 10.7 Å². The number of aromatic nitrogens is 3. The molecule has 1 amide bonds. The van der Waals surface area contributed by atoms with Gasteiger partial charge in [-0.05, 0) is 61.7 Å². The molecule has 0 aromatic carbocycles. The molecule has 1 saturated heterocycles. The van der Waals surface area contributed by atoms with Crippen molar-refractivity contribution in [1.82, 2.24) is 25.0 Å². The molecule has 0 saturated carbocycles. The van der Waals surface area contributed by atoms with Crippen molar-refractivity contribution in [3.63, 3.8) is 0 Å². The Balaban J connectivity index is 1.43. The third-order valence-electron chi connectivity index (χ3n) is 5.00. The number of carbonyl (C=O) groups is 1. The highest BCUT2D eigenvalue weighted by Crippen LogP contribution is 2.25. The number of nitrogens with one attached hydrogen (secondary N) is 2. The van der Waals surface area contributed by atoms with Crippen LogP contribution in [0.5, 0.6) is 0 Å². The second-order valence-corrected chi connectivity index (χ2v) is 8.18. The Labute approximate surface area is 172 Å². The molecule has 7 nitrogen and oxygen atoms in total. The summed E-state index contributed by atoms with van der Waals surface area (Å²) >= 11 is 6.88. The number of H-pyrrole nitrogens is 1. The second-order valence-electron chi connectivity index (χ2n) is 6.85. The van der Waals surface area contributed by atoms with E-state index in [1.54, 1.807) is 22.2 Å². The van der Waals surface area contributed by atoms with Gasteiger partial charge in [-0.15, -0.1) is 11.3 Å². The average molecular weight is 418 g/mol. The zero-order valence-corrected chi connectivity index (χ0v) is 17.1. The lowest BCUT2D eigenvalue weighted by Crippen LogP contribution is -2.41. The van der Waals surface area contributed by atoms with Gasteiger partial charge in [0.1, 0.15) is 12.3 Å². The van der Waals surface area contributed by atoms with E-state index >= 15 is 0 Å².